The standard InChI is InChI=1S/C16H14ClN3OS2/c1-10-15(12-7-8-18-16(20-12)22-2)23-14(19-10)9-21-13-6-4-3-5-11(13)17/h3-8H,9H2,1-2H3. The monoisotopic (exact) mass is 363 g/mol. The van der Waals surface area contributed by atoms with Crippen molar-refractivity contribution >= 4 is 34.7 Å². The first-order valence-corrected chi connectivity index (χ1v) is 9.30. The number of rotatable bonds is 5. The van der Waals surface area contributed by atoms with Crippen LogP contribution in [0.5, 0.6) is 5.75 Å². The summed E-state index contributed by atoms with van der Waals surface area (Å²) in [6, 6.07) is 9.32. The van der Waals surface area contributed by atoms with E-state index in [1.807, 2.05) is 37.4 Å². The average Bonchev–Trinajstić information content (AvgIpc) is 2.95. The topological polar surface area (TPSA) is 47.9 Å². The number of ether oxygens (including phenoxy) is 1. The van der Waals surface area contributed by atoms with Crippen LogP contribution in [0.3, 0.4) is 0 Å². The lowest BCUT2D eigenvalue weighted by atomic mass is 10.3. The van der Waals surface area contributed by atoms with Crippen LogP contribution in [-0.2, 0) is 6.61 Å². The maximum absolute atomic E-state index is 6.09. The molecule has 7 heteroatoms. The third-order valence-corrected chi connectivity index (χ3v) is 5.10. The van der Waals surface area contributed by atoms with Gasteiger partial charge in [-0.1, -0.05) is 35.5 Å². The van der Waals surface area contributed by atoms with Crippen LogP contribution in [0.2, 0.25) is 5.02 Å². The molecule has 0 radical (unpaired) electrons. The maximum atomic E-state index is 6.09. The summed E-state index contributed by atoms with van der Waals surface area (Å²) in [6.07, 6.45) is 3.73. The van der Waals surface area contributed by atoms with Gasteiger partial charge in [-0.3, -0.25) is 0 Å². The number of thioether (sulfide) groups is 1. The van der Waals surface area contributed by atoms with Crippen molar-refractivity contribution in [1.82, 2.24) is 15.0 Å². The number of aryl methyl sites for hydroxylation is 1. The predicted octanol–water partition coefficient (Wildman–Crippen LogP) is 4.86. The summed E-state index contributed by atoms with van der Waals surface area (Å²) in [5.41, 5.74) is 1.84. The first-order chi connectivity index (χ1) is 11.2. The molecule has 3 aromatic rings. The Morgan fingerprint density at radius 3 is 2.83 bits per heavy atom. The minimum atomic E-state index is 0.385. The molecule has 0 saturated heterocycles. The zero-order valence-electron chi connectivity index (χ0n) is 12.6. The molecule has 0 bridgehead atoms. The third-order valence-electron chi connectivity index (χ3n) is 3.08. The van der Waals surface area contributed by atoms with E-state index in [4.69, 9.17) is 16.3 Å². The van der Waals surface area contributed by atoms with E-state index in [1.165, 1.54) is 11.8 Å². The molecular weight excluding hydrogens is 350 g/mol. The van der Waals surface area contributed by atoms with E-state index in [0.717, 1.165) is 26.4 Å². The molecule has 0 aliphatic heterocycles. The zero-order valence-corrected chi connectivity index (χ0v) is 15.0. The van der Waals surface area contributed by atoms with E-state index in [9.17, 15) is 0 Å². The van der Waals surface area contributed by atoms with Gasteiger partial charge in [0.15, 0.2) is 5.16 Å². The molecule has 118 valence electrons. The van der Waals surface area contributed by atoms with Crippen LogP contribution in [0, 0.1) is 6.92 Å². The molecule has 0 aliphatic rings. The summed E-state index contributed by atoms with van der Waals surface area (Å²) >= 11 is 9.20. The zero-order chi connectivity index (χ0) is 16.2. The summed E-state index contributed by atoms with van der Waals surface area (Å²) in [7, 11) is 0. The summed E-state index contributed by atoms with van der Waals surface area (Å²) in [6.45, 7) is 2.36. The van der Waals surface area contributed by atoms with E-state index >= 15 is 0 Å². The van der Waals surface area contributed by atoms with Gasteiger partial charge in [-0.15, -0.1) is 11.3 Å². The Kier molecular flexibility index (Phi) is 5.15. The van der Waals surface area contributed by atoms with E-state index in [2.05, 4.69) is 15.0 Å². The molecule has 2 aromatic heterocycles. The van der Waals surface area contributed by atoms with Crippen molar-refractivity contribution in [2.24, 2.45) is 0 Å². The van der Waals surface area contributed by atoms with Gasteiger partial charge >= 0.3 is 0 Å². The Morgan fingerprint density at radius 1 is 1.22 bits per heavy atom. The smallest absolute Gasteiger partial charge is 0.187 e. The SMILES string of the molecule is CSc1nccc(-c2sc(COc3ccccc3Cl)nc2C)n1. The molecular formula is C16H14ClN3OS2. The van der Waals surface area contributed by atoms with Crippen LogP contribution in [-0.4, -0.2) is 21.2 Å². The Morgan fingerprint density at radius 2 is 2.04 bits per heavy atom. The molecule has 0 saturated carbocycles. The normalized spacial score (nSPS) is 10.7. The average molecular weight is 364 g/mol. The van der Waals surface area contributed by atoms with Gasteiger partial charge in [-0.2, -0.15) is 0 Å². The van der Waals surface area contributed by atoms with Gasteiger partial charge in [0.1, 0.15) is 17.4 Å². The number of hydrogen-bond acceptors (Lipinski definition) is 6. The van der Waals surface area contributed by atoms with Crippen molar-refractivity contribution in [2.75, 3.05) is 6.26 Å². The minimum Gasteiger partial charge on any atom is -0.485 e. The van der Waals surface area contributed by atoms with Crippen molar-refractivity contribution in [1.29, 1.82) is 0 Å². The number of benzene rings is 1. The predicted molar refractivity (Wildman–Crippen MR) is 95.4 cm³/mol. The van der Waals surface area contributed by atoms with Gasteiger partial charge in [-0.25, -0.2) is 15.0 Å². The van der Waals surface area contributed by atoms with Crippen molar-refractivity contribution in [3.05, 3.63) is 52.3 Å². The van der Waals surface area contributed by atoms with E-state index in [1.54, 1.807) is 23.6 Å². The van der Waals surface area contributed by atoms with Crippen LogP contribution in [0.25, 0.3) is 10.6 Å². The van der Waals surface area contributed by atoms with Crippen molar-refractivity contribution in [3.8, 4) is 16.3 Å². The molecule has 3 rings (SSSR count). The number of para-hydroxylation sites is 1. The number of hydrogen-bond donors (Lipinski definition) is 0. The lowest BCUT2D eigenvalue weighted by Gasteiger charge is -2.05. The van der Waals surface area contributed by atoms with E-state index in [-0.39, 0.29) is 0 Å². The second-order valence-electron chi connectivity index (χ2n) is 4.67. The maximum Gasteiger partial charge on any atom is 0.187 e. The molecule has 0 atom stereocenters. The highest BCUT2D eigenvalue weighted by Crippen LogP contribution is 2.31. The summed E-state index contributed by atoms with van der Waals surface area (Å²) in [4.78, 5) is 14.3. The van der Waals surface area contributed by atoms with Crippen LogP contribution in [0.4, 0.5) is 0 Å². The summed E-state index contributed by atoms with van der Waals surface area (Å²) < 4.78 is 5.75. The van der Waals surface area contributed by atoms with Crippen molar-refractivity contribution in [3.63, 3.8) is 0 Å². The van der Waals surface area contributed by atoms with Gasteiger partial charge in [0.05, 0.1) is 21.3 Å². The quantitative estimate of drug-likeness (QED) is 0.478. The second kappa shape index (κ2) is 7.29. The molecule has 0 spiro atoms. The molecule has 1 aromatic carbocycles. The van der Waals surface area contributed by atoms with Crippen LogP contribution in [0.1, 0.15) is 10.7 Å². The highest BCUT2D eigenvalue weighted by atomic mass is 35.5. The van der Waals surface area contributed by atoms with Gasteiger partial charge in [0.2, 0.25) is 0 Å². The summed E-state index contributed by atoms with van der Waals surface area (Å²) in [5.74, 6) is 0.662. The number of thiazole rings is 1. The van der Waals surface area contributed by atoms with Gasteiger partial charge in [0, 0.05) is 6.20 Å². The number of aromatic nitrogens is 3. The molecule has 0 N–H and O–H groups in total. The summed E-state index contributed by atoms with van der Waals surface area (Å²) in [5, 5.41) is 2.24. The highest BCUT2D eigenvalue weighted by molar-refractivity contribution is 7.98. The molecule has 2 heterocycles. The molecule has 4 nitrogen and oxygen atoms in total. The first-order valence-electron chi connectivity index (χ1n) is 6.88. The molecule has 0 unspecified atom stereocenters. The van der Waals surface area contributed by atoms with E-state index < -0.39 is 0 Å². The first kappa shape index (κ1) is 16.2. The molecule has 0 aliphatic carbocycles. The Bertz CT molecular complexity index is 823. The highest BCUT2D eigenvalue weighted by Gasteiger charge is 2.12. The largest absolute Gasteiger partial charge is 0.485 e. The molecule has 0 fully saturated rings. The molecule has 23 heavy (non-hydrogen) atoms. The molecule has 0 amide bonds. The third kappa shape index (κ3) is 3.83. The Balaban J connectivity index is 1.79. The van der Waals surface area contributed by atoms with Crippen molar-refractivity contribution < 1.29 is 4.74 Å². The van der Waals surface area contributed by atoms with Gasteiger partial charge in [-0.05, 0) is 31.4 Å². The van der Waals surface area contributed by atoms with Crippen LogP contribution >= 0.6 is 34.7 Å². The van der Waals surface area contributed by atoms with Gasteiger partial charge in [0.25, 0.3) is 0 Å². The Labute approximate surface area is 147 Å². The van der Waals surface area contributed by atoms with E-state index in [0.29, 0.717) is 17.4 Å². The Hall–Kier alpha value is -1.63. The number of halogens is 1. The second-order valence-corrected chi connectivity index (χ2v) is 6.93. The number of nitrogens with zero attached hydrogens (tertiary/aromatic N) is 3. The fraction of sp³-hybridized carbons (Fsp3) is 0.188. The fourth-order valence-electron chi connectivity index (χ4n) is 2.02. The lowest BCUT2D eigenvalue weighted by molar-refractivity contribution is 0.305. The lowest BCUT2D eigenvalue weighted by Crippen LogP contribution is -1.95. The van der Waals surface area contributed by atoms with Crippen LogP contribution in [0.15, 0.2) is 41.7 Å². The van der Waals surface area contributed by atoms with Gasteiger partial charge < -0.3 is 4.74 Å². The fourth-order valence-corrected chi connectivity index (χ4v) is 3.51. The van der Waals surface area contributed by atoms with Crippen molar-refractivity contribution in [2.45, 2.75) is 18.7 Å². The van der Waals surface area contributed by atoms with Crippen LogP contribution < -0.4 is 4.74 Å². The minimum absolute atomic E-state index is 0.385.